The molecule has 0 radical (unpaired) electrons. The van der Waals surface area contributed by atoms with Crippen molar-refractivity contribution in [3.05, 3.63) is 95.1 Å². The molecule has 0 aromatic heterocycles. The Morgan fingerprint density at radius 2 is 1.71 bits per heavy atom. The van der Waals surface area contributed by atoms with Crippen molar-refractivity contribution in [3.8, 4) is 0 Å². The molecule has 38 heavy (non-hydrogen) atoms. The number of aliphatic imine (C=N–C) groups is 1. The minimum Gasteiger partial charge on any atom is -0.465 e. The van der Waals surface area contributed by atoms with Crippen LogP contribution in [0.1, 0.15) is 33.0 Å². The van der Waals surface area contributed by atoms with Crippen LogP contribution in [-0.4, -0.2) is 70.1 Å². The van der Waals surface area contributed by atoms with E-state index in [0.29, 0.717) is 36.8 Å². The van der Waals surface area contributed by atoms with E-state index >= 15 is 0 Å². The van der Waals surface area contributed by atoms with Gasteiger partial charge in [0.2, 0.25) is 5.91 Å². The molecule has 1 aliphatic rings. The van der Waals surface area contributed by atoms with Crippen LogP contribution in [0.4, 0.5) is 11.4 Å². The van der Waals surface area contributed by atoms with Gasteiger partial charge < -0.3 is 19.5 Å². The molecule has 0 saturated heterocycles. The van der Waals surface area contributed by atoms with Crippen LogP contribution in [-0.2, 0) is 25.5 Å². The molecule has 1 N–H and O–H groups in total. The van der Waals surface area contributed by atoms with E-state index in [1.54, 1.807) is 25.3 Å². The minimum absolute atomic E-state index is 0.185. The summed E-state index contributed by atoms with van der Waals surface area (Å²) in [4.78, 5) is 32.3. The number of hydrogen-bond acceptors (Lipinski definition) is 7. The van der Waals surface area contributed by atoms with Crippen molar-refractivity contribution in [3.63, 3.8) is 0 Å². The lowest BCUT2D eigenvalue weighted by molar-refractivity contribution is -0.115. The van der Waals surface area contributed by atoms with Crippen LogP contribution in [0.5, 0.6) is 0 Å². The number of methoxy groups -OCH3 is 2. The molecule has 0 fully saturated rings. The van der Waals surface area contributed by atoms with Gasteiger partial charge in [-0.3, -0.25) is 14.7 Å². The van der Waals surface area contributed by atoms with Crippen molar-refractivity contribution >= 4 is 29.0 Å². The lowest BCUT2D eigenvalue weighted by Crippen LogP contribution is -2.23. The quantitative estimate of drug-likeness (QED) is 0.218. The maximum Gasteiger partial charge on any atom is 0.337 e. The average Bonchev–Trinajstić information content (AvgIpc) is 3.27. The number of carbonyl (C=O) groups is 2. The molecule has 4 rings (SSSR count). The summed E-state index contributed by atoms with van der Waals surface area (Å²) in [6.07, 6.45) is 0. The predicted octanol–water partition coefficient (Wildman–Crippen LogP) is 4.42. The Morgan fingerprint density at radius 1 is 0.947 bits per heavy atom. The molecule has 1 aliphatic heterocycles. The summed E-state index contributed by atoms with van der Waals surface area (Å²) < 4.78 is 15.4. The number of amides is 1. The second-order valence-corrected chi connectivity index (χ2v) is 9.09. The lowest BCUT2D eigenvalue weighted by atomic mass is 9.90. The second-order valence-electron chi connectivity index (χ2n) is 9.09. The number of hydrogen-bond donors (Lipinski definition) is 1. The van der Waals surface area contributed by atoms with Crippen LogP contribution < -0.4 is 5.32 Å². The molecular weight excluding hydrogens is 482 g/mol. The number of esters is 1. The smallest absolute Gasteiger partial charge is 0.337 e. The summed E-state index contributed by atoms with van der Waals surface area (Å²) in [5, 5.41) is 2.91. The van der Waals surface area contributed by atoms with Crippen molar-refractivity contribution in [2.24, 2.45) is 4.99 Å². The zero-order valence-electron chi connectivity index (χ0n) is 22.0. The largest absolute Gasteiger partial charge is 0.465 e. The minimum atomic E-state index is -0.608. The first kappa shape index (κ1) is 27.2. The molecule has 0 spiro atoms. The Labute approximate surface area is 223 Å². The summed E-state index contributed by atoms with van der Waals surface area (Å²) in [7, 11) is 5.05. The highest BCUT2D eigenvalue weighted by Crippen LogP contribution is 2.37. The van der Waals surface area contributed by atoms with E-state index in [9.17, 15) is 9.59 Å². The third-order valence-electron chi connectivity index (χ3n) is 6.34. The molecule has 1 unspecified atom stereocenters. The normalized spacial score (nSPS) is 14.9. The van der Waals surface area contributed by atoms with Gasteiger partial charge >= 0.3 is 5.97 Å². The molecule has 198 valence electrons. The zero-order valence-corrected chi connectivity index (χ0v) is 22.0. The van der Waals surface area contributed by atoms with Gasteiger partial charge in [-0.05, 0) is 48.0 Å². The monoisotopic (exact) mass is 515 g/mol. The molecule has 1 atom stereocenters. The van der Waals surface area contributed by atoms with Crippen molar-refractivity contribution in [2.45, 2.75) is 12.5 Å². The molecule has 1 amide bonds. The molecule has 1 heterocycles. The number of benzene rings is 3. The van der Waals surface area contributed by atoms with Crippen molar-refractivity contribution in [2.75, 3.05) is 52.9 Å². The first-order chi connectivity index (χ1) is 18.5. The number of rotatable bonds is 12. The summed E-state index contributed by atoms with van der Waals surface area (Å²) in [5.74, 6) is -1.25. The predicted molar refractivity (Wildman–Crippen MR) is 147 cm³/mol. The highest BCUT2D eigenvalue weighted by molar-refractivity contribution is 6.24. The molecule has 8 heteroatoms. The third-order valence-corrected chi connectivity index (χ3v) is 6.34. The van der Waals surface area contributed by atoms with Gasteiger partial charge in [0.1, 0.15) is 5.92 Å². The summed E-state index contributed by atoms with van der Waals surface area (Å²) in [6.45, 7) is 3.44. The van der Waals surface area contributed by atoms with Crippen LogP contribution >= 0.6 is 0 Å². The number of nitrogens with one attached hydrogen (secondary N) is 1. The van der Waals surface area contributed by atoms with E-state index in [2.05, 4.69) is 29.4 Å². The first-order valence-corrected chi connectivity index (χ1v) is 12.5. The molecular formula is C30H33N3O5. The van der Waals surface area contributed by atoms with E-state index in [1.165, 1.54) is 7.11 Å². The lowest BCUT2D eigenvalue weighted by Gasteiger charge is -2.17. The van der Waals surface area contributed by atoms with E-state index < -0.39 is 11.9 Å². The van der Waals surface area contributed by atoms with E-state index in [-0.39, 0.29) is 5.91 Å². The second kappa shape index (κ2) is 13.1. The molecule has 0 bridgehead atoms. The molecule has 0 saturated carbocycles. The molecule has 3 aromatic carbocycles. The maximum absolute atomic E-state index is 13.2. The maximum atomic E-state index is 13.2. The number of ether oxygens (including phenoxy) is 3. The zero-order chi connectivity index (χ0) is 26.9. The number of likely N-dealkylation sites (N-methyl/N-ethyl adjacent to an activating group) is 1. The molecule has 8 nitrogen and oxygen atoms in total. The SMILES string of the molecule is COCCOCCN(C)Cc1ccc(N=C(c2ccccc2)C2C(=O)Nc3cc(C(=O)OC)ccc32)cc1. The Balaban J connectivity index is 1.55. The summed E-state index contributed by atoms with van der Waals surface area (Å²) in [5.41, 5.74) is 5.16. The van der Waals surface area contributed by atoms with Crippen LogP contribution in [0.15, 0.2) is 77.8 Å². The highest BCUT2D eigenvalue weighted by atomic mass is 16.5. The van der Waals surface area contributed by atoms with E-state index in [1.807, 2.05) is 42.5 Å². The number of carbonyl (C=O) groups excluding carboxylic acids is 2. The van der Waals surface area contributed by atoms with Crippen LogP contribution in [0, 0.1) is 0 Å². The van der Waals surface area contributed by atoms with Gasteiger partial charge in [0.15, 0.2) is 0 Å². The fraction of sp³-hybridized carbons (Fsp3) is 0.300. The van der Waals surface area contributed by atoms with Crippen LogP contribution in [0.25, 0.3) is 0 Å². The van der Waals surface area contributed by atoms with E-state index in [0.717, 1.165) is 35.5 Å². The Kier molecular flexibility index (Phi) is 9.37. The molecule has 0 aliphatic carbocycles. The van der Waals surface area contributed by atoms with Gasteiger partial charge in [-0.15, -0.1) is 0 Å². The average molecular weight is 516 g/mol. The number of nitrogens with zero attached hydrogens (tertiary/aromatic N) is 2. The Hall–Kier alpha value is -3.85. The van der Waals surface area contributed by atoms with Crippen molar-refractivity contribution in [1.82, 2.24) is 4.90 Å². The van der Waals surface area contributed by atoms with E-state index in [4.69, 9.17) is 19.2 Å². The number of anilines is 1. The summed E-state index contributed by atoms with van der Waals surface area (Å²) in [6, 6.07) is 22.8. The van der Waals surface area contributed by atoms with Gasteiger partial charge in [0.25, 0.3) is 0 Å². The first-order valence-electron chi connectivity index (χ1n) is 12.5. The number of fused-ring (bicyclic) bond motifs is 1. The fourth-order valence-corrected chi connectivity index (χ4v) is 4.35. The van der Waals surface area contributed by atoms with Gasteiger partial charge in [-0.25, -0.2) is 4.79 Å². The van der Waals surface area contributed by atoms with Gasteiger partial charge in [-0.1, -0.05) is 48.5 Å². The topological polar surface area (TPSA) is 89.5 Å². The van der Waals surface area contributed by atoms with Crippen molar-refractivity contribution < 1.29 is 23.8 Å². The van der Waals surface area contributed by atoms with Crippen molar-refractivity contribution in [1.29, 1.82) is 0 Å². The van der Waals surface area contributed by atoms with Crippen LogP contribution in [0.2, 0.25) is 0 Å². The van der Waals surface area contributed by atoms with Crippen LogP contribution in [0.3, 0.4) is 0 Å². The van der Waals surface area contributed by atoms with Gasteiger partial charge in [0.05, 0.1) is 43.9 Å². The summed E-state index contributed by atoms with van der Waals surface area (Å²) >= 11 is 0. The third kappa shape index (κ3) is 6.72. The standard InChI is InChI=1S/C30H33N3O5/c1-33(15-16-38-18-17-36-2)20-21-9-12-24(13-10-21)31-28(22-7-5-4-6-8-22)27-25-14-11-23(30(35)37-3)19-26(25)32-29(27)34/h4-14,19,27H,15-18,20H2,1-3H3,(H,32,34). The van der Waals surface area contributed by atoms with Gasteiger partial charge in [0, 0.05) is 25.9 Å². The Morgan fingerprint density at radius 3 is 2.42 bits per heavy atom. The highest BCUT2D eigenvalue weighted by Gasteiger charge is 2.36. The molecule has 3 aromatic rings. The fourth-order valence-electron chi connectivity index (χ4n) is 4.35. The Bertz CT molecular complexity index is 1270. The van der Waals surface area contributed by atoms with Gasteiger partial charge in [-0.2, -0.15) is 0 Å².